The smallest absolute Gasteiger partial charge is 0.223 e. The summed E-state index contributed by atoms with van der Waals surface area (Å²) in [6.45, 7) is 2.59. The van der Waals surface area contributed by atoms with Crippen molar-refractivity contribution in [3.63, 3.8) is 0 Å². The van der Waals surface area contributed by atoms with Gasteiger partial charge in [0.25, 0.3) is 0 Å². The maximum atomic E-state index is 12.6. The maximum absolute atomic E-state index is 12.6. The normalized spacial score (nSPS) is 24.5. The third-order valence-corrected chi connectivity index (χ3v) is 7.07. The van der Waals surface area contributed by atoms with Gasteiger partial charge in [0, 0.05) is 20.0 Å². The van der Waals surface area contributed by atoms with Crippen LogP contribution in [0.3, 0.4) is 0 Å². The molecule has 0 bridgehead atoms. The first kappa shape index (κ1) is 14.9. The molecule has 118 valence electrons. The van der Waals surface area contributed by atoms with E-state index < -0.39 is 15.6 Å². The fourth-order valence-electron chi connectivity index (χ4n) is 3.26. The molecule has 1 aliphatic carbocycles. The van der Waals surface area contributed by atoms with Gasteiger partial charge in [-0.2, -0.15) is 4.98 Å². The van der Waals surface area contributed by atoms with Crippen molar-refractivity contribution in [2.75, 3.05) is 13.1 Å². The summed E-state index contributed by atoms with van der Waals surface area (Å²) in [5.74, 6) is 0.966. The van der Waals surface area contributed by atoms with Crippen molar-refractivity contribution in [1.82, 2.24) is 14.4 Å². The summed E-state index contributed by atoms with van der Waals surface area (Å²) >= 11 is 0. The lowest BCUT2D eigenvalue weighted by atomic mass is 9.89. The highest BCUT2D eigenvalue weighted by Crippen LogP contribution is 2.33. The van der Waals surface area contributed by atoms with Gasteiger partial charge in [-0.05, 0) is 25.7 Å². The Morgan fingerprint density at radius 3 is 2.43 bits per heavy atom. The van der Waals surface area contributed by atoms with Crippen molar-refractivity contribution in [2.45, 2.75) is 56.2 Å². The van der Waals surface area contributed by atoms with E-state index in [4.69, 9.17) is 10.3 Å². The molecule has 0 amide bonds. The van der Waals surface area contributed by atoms with Crippen molar-refractivity contribution in [1.29, 1.82) is 0 Å². The summed E-state index contributed by atoms with van der Waals surface area (Å²) in [4.78, 5) is 4.20. The Kier molecular flexibility index (Phi) is 3.79. The Hall–Kier alpha value is -0.990. The molecular formula is C13H22N4O3S. The standard InChI is InChI=1S/C13H22N4O3S/c1-10-15-12(16-20-10)13(14)6-8-17(9-7-13)21(18,19)11-4-2-3-5-11/h11H,2-9,14H2,1H3. The van der Waals surface area contributed by atoms with E-state index in [0.717, 1.165) is 25.7 Å². The first-order chi connectivity index (χ1) is 9.92. The van der Waals surface area contributed by atoms with Gasteiger partial charge in [0.15, 0.2) is 5.82 Å². The first-order valence-electron chi connectivity index (χ1n) is 7.50. The van der Waals surface area contributed by atoms with Gasteiger partial charge in [0.2, 0.25) is 15.9 Å². The molecule has 3 rings (SSSR count). The van der Waals surface area contributed by atoms with Gasteiger partial charge in [0.05, 0.1) is 10.8 Å². The first-order valence-corrected chi connectivity index (χ1v) is 9.01. The van der Waals surface area contributed by atoms with E-state index in [1.54, 1.807) is 11.2 Å². The molecule has 1 saturated heterocycles. The van der Waals surface area contributed by atoms with Crippen LogP contribution >= 0.6 is 0 Å². The van der Waals surface area contributed by atoms with Crippen molar-refractivity contribution >= 4 is 10.0 Å². The number of rotatable bonds is 3. The van der Waals surface area contributed by atoms with E-state index in [0.29, 0.717) is 37.6 Å². The molecule has 2 aliphatic rings. The molecular weight excluding hydrogens is 292 g/mol. The van der Waals surface area contributed by atoms with Crippen LogP contribution < -0.4 is 5.73 Å². The molecule has 1 aromatic heterocycles. The number of aromatic nitrogens is 2. The van der Waals surface area contributed by atoms with E-state index in [9.17, 15) is 8.42 Å². The number of hydrogen-bond donors (Lipinski definition) is 1. The minimum Gasteiger partial charge on any atom is -0.340 e. The Labute approximate surface area is 124 Å². The monoisotopic (exact) mass is 314 g/mol. The van der Waals surface area contributed by atoms with Crippen LogP contribution in [0, 0.1) is 6.92 Å². The summed E-state index contributed by atoms with van der Waals surface area (Å²) < 4.78 is 31.7. The fraction of sp³-hybridized carbons (Fsp3) is 0.846. The van der Waals surface area contributed by atoms with Crippen molar-refractivity contribution in [3.05, 3.63) is 11.7 Å². The zero-order valence-corrected chi connectivity index (χ0v) is 13.1. The summed E-state index contributed by atoms with van der Waals surface area (Å²) in [6.07, 6.45) is 4.66. The average Bonchev–Trinajstić information content (AvgIpc) is 3.10. The molecule has 2 heterocycles. The van der Waals surface area contributed by atoms with Crippen LogP contribution in [0.25, 0.3) is 0 Å². The van der Waals surface area contributed by atoms with Gasteiger partial charge in [-0.3, -0.25) is 0 Å². The minimum absolute atomic E-state index is 0.199. The van der Waals surface area contributed by atoms with E-state index in [2.05, 4.69) is 10.1 Å². The summed E-state index contributed by atoms with van der Waals surface area (Å²) in [6, 6.07) is 0. The zero-order chi connectivity index (χ0) is 15.1. The Bertz CT molecular complexity index is 599. The molecule has 0 radical (unpaired) electrons. The molecule has 7 nitrogen and oxygen atoms in total. The number of aryl methyl sites for hydroxylation is 1. The van der Waals surface area contributed by atoms with Gasteiger partial charge in [-0.25, -0.2) is 12.7 Å². The van der Waals surface area contributed by atoms with Gasteiger partial charge >= 0.3 is 0 Å². The number of piperidine rings is 1. The fourth-order valence-corrected chi connectivity index (χ4v) is 5.30. The molecule has 0 spiro atoms. The molecule has 2 N–H and O–H groups in total. The van der Waals surface area contributed by atoms with E-state index >= 15 is 0 Å². The quantitative estimate of drug-likeness (QED) is 0.889. The second-order valence-electron chi connectivity index (χ2n) is 6.14. The number of sulfonamides is 1. The van der Waals surface area contributed by atoms with Crippen LogP contribution in [0.4, 0.5) is 0 Å². The molecule has 2 fully saturated rings. The van der Waals surface area contributed by atoms with Gasteiger partial charge in [-0.1, -0.05) is 18.0 Å². The zero-order valence-electron chi connectivity index (χ0n) is 12.3. The molecule has 1 aromatic rings. The van der Waals surface area contributed by atoms with Gasteiger partial charge < -0.3 is 10.3 Å². The SMILES string of the molecule is Cc1nc(C2(N)CCN(S(=O)(=O)C3CCCC3)CC2)no1. The highest BCUT2D eigenvalue weighted by Gasteiger charge is 2.42. The highest BCUT2D eigenvalue weighted by atomic mass is 32.2. The van der Waals surface area contributed by atoms with E-state index in [-0.39, 0.29) is 5.25 Å². The third kappa shape index (κ3) is 2.72. The van der Waals surface area contributed by atoms with Gasteiger partial charge in [0.1, 0.15) is 0 Å². The summed E-state index contributed by atoms with van der Waals surface area (Å²) in [5.41, 5.74) is 5.67. The molecule has 21 heavy (non-hydrogen) atoms. The topological polar surface area (TPSA) is 102 Å². The Morgan fingerprint density at radius 2 is 1.90 bits per heavy atom. The van der Waals surface area contributed by atoms with Crippen LogP contribution in [0.2, 0.25) is 0 Å². The minimum atomic E-state index is -3.18. The molecule has 0 atom stereocenters. The van der Waals surface area contributed by atoms with E-state index in [1.165, 1.54) is 0 Å². The summed E-state index contributed by atoms with van der Waals surface area (Å²) in [7, 11) is -3.18. The predicted octanol–water partition coefficient (Wildman–Crippen LogP) is 0.900. The van der Waals surface area contributed by atoms with Crippen LogP contribution in [0.5, 0.6) is 0 Å². The molecule has 1 aliphatic heterocycles. The lowest BCUT2D eigenvalue weighted by molar-refractivity contribution is 0.221. The lowest BCUT2D eigenvalue weighted by Gasteiger charge is -2.37. The van der Waals surface area contributed by atoms with E-state index in [1.807, 2.05) is 0 Å². The number of nitrogens with two attached hydrogens (primary N) is 1. The second-order valence-corrected chi connectivity index (χ2v) is 8.36. The van der Waals surface area contributed by atoms with Gasteiger partial charge in [-0.15, -0.1) is 0 Å². The second kappa shape index (κ2) is 5.33. The molecule has 8 heteroatoms. The largest absolute Gasteiger partial charge is 0.340 e. The van der Waals surface area contributed by atoms with Crippen molar-refractivity contribution < 1.29 is 12.9 Å². The average molecular weight is 314 g/mol. The lowest BCUT2D eigenvalue weighted by Crippen LogP contribution is -2.51. The van der Waals surface area contributed by atoms with Crippen LogP contribution in [0.1, 0.15) is 50.2 Å². The van der Waals surface area contributed by atoms with Crippen molar-refractivity contribution in [3.8, 4) is 0 Å². The molecule has 0 unspecified atom stereocenters. The molecule has 1 saturated carbocycles. The van der Waals surface area contributed by atoms with Crippen molar-refractivity contribution in [2.24, 2.45) is 5.73 Å². The Balaban J connectivity index is 1.70. The Morgan fingerprint density at radius 1 is 1.29 bits per heavy atom. The maximum Gasteiger partial charge on any atom is 0.223 e. The van der Waals surface area contributed by atoms with Crippen LogP contribution in [-0.4, -0.2) is 41.2 Å². The molecule has 0 aromatic carbocycles. The number of nitrogens with zero attached hydrogens (tertiary/aromatic N) is 3. The third-order valence-electron chi connectivity index (χ3n) is 4.67. The predicted molar refractivity (Wildman–Crippen MR) is 76.9 cm³/mol. The highest BCUT2D eigenvalue weighted by molar-refractivity contribution is 7.89. The number of hydrogen-bond acceptors (Lipinski definition) is 6. The van der Waals surface area contributed by atoms with Crippen LogP contribution in [-0.2, 0) is 15.6 Å². The van der Waals surface area contributed by atoms with Crippen LogP contribution in [0.15, 0.2) is 4.52 Å². The summed E-state index contributed by atoms with van der Waals surface area (Å²) in [5, 5.41) is 3.70.